The van der Waals surface area contributed by atoms with Gasteiger partial charge in [-0.1, -0.05) is 146 Å². The molecule has 4 nitrogen and oxygen atoms in total. The second kappa shape index (κ2) is 11.2. The maximum atomic E-state index is 6.30. The van der Waals surface area contributed by atoms with E-state index < -0.39 is 0 Å². The third-order valence-corrected chi connectivity index (χ3v) is 8.75. The lowest BCUT2D eigenvalue weighted by Gasteiger charge is -2.22. The van der Waals surface area contributed by atoms with Crippen LogP contribution in [0.25, 0.3) is 78.3 Å². The molecule has 1 aliphatic rings. The molecule has 0 saturated carbocycles. The van der Waals surface area contributed by atoms with E-state index in [-0.39, 0.29) is 0 Å². The maximum absolute atomic E-state index is 6.30. The summed E-state index contributed by atoms with van der Waals surface area (Å²) in [5.41, 5.74) is 9.77. The van der Waals surface area contributed by atoms with Crippen LogP contribution in [-0.2, 0) is 0 Å². The molecule has 0 saturated heterocycles. The number of rotatable bonds is 5. The third kappa shape index (κ3) is 4.93. The van der Waals surface area contributed by atoms with Crippen molar-refractivity contribution in [3.63, 3.8) is 0 Å². The average molecular weight is 602 g/mol. The summed E-state index contributed by atoms with van der Waals surface area (Å²) < 4.78 is 6.30. The van der Waals surface area contributed by atoms with Crippen molar-refractivity contribution in [1.29, 1.82) is 0 Å². The summed E-state index contributed by atoms with van der Waals surface area (Å²) in [6.07, 6.45) is 0. The van der Waals surface area contributed by atoms with E-state index in [1.54, 1.807) is 0 Å². The zero-order valence-electron chi connectivity index (χ0n) is 25.3. The largest absolute Gasteiger partial charge is 0.456 e. The molecule has 7 aromatic carbocycles. The van der Waals surface area contributed by atoms with Gasteiger partial charge in [-0.05, 0) is 51.4 Å². The van der Waals surface area contributed by atoms with Crippen LogP contribution in [0.2, 0.25) is 0 Å². The zero-order valence-corrected chi connectivity index (χ0v) is 25.3. The van der Waals surface area contributed by atoms with Crippen LogP contribution in [0.4, 0.5) is 0 Å². The van der Waals surface area contributed by atoms with Gasteiger partial charge in [0.2, 0.25) is 0 Å². The number of hydrogen-bond donors (Lipinski definition) is 0. The lowest BCUT2D eigenvalue weighted by molar-refractivity contribution is 0.487. The van der Waals surface area contributed by atoms with Gasteiger partial charge in [-0.3, -0.25) is 0 Å². The second-order valence-corrected chi connectivity index (χ2v) is 11.7. The Bertz CT molecular complexity index is 2340. The number of nitrogens with zero attached hydrogens (tertiary/aromatic N) is 3. The molecule has 4 heteroatoms. The number of aromatic nitrogens is 3. The first kappa shape index (κ1) is 27.0. The first-order valence-electron chi connectivity index (χ1n) is 15.7. The number of ether oxygens (including phenoxy) is 1. The normalized spacial score (nSPS) is 11.6. The number of fused-ring (bicyclic) bond motifs is 2. The Morgan fingerprint density at radius 2 is 0.787 bits per heavy atom. The number of hydrogen-bond acceptors (Lipinski definition) is 4. The van der Waals surface area contributed by atoms with Crippen LogP contribution in [0.1, 0.15) is 0 Å². The van der Waals surface area contributed by atoms with E-state index in [9.17, 15) is 0 Å². The van der Waals surface area contributed by atoms with Gasteiger partial charge >= 0.3 is 0 Å². The van der Waals surface area contributed by atoms with E-state index in [4.69, 9.17) is 19.7 Å². The van der Waals surface area contributed by atoms with Crippen molar-refractivity contribution in [2.24, 2.45) is 0 Å². The highest BCUT2D eigenvalue weighted by atomic mass is 16.5. The van der Waals surface area contributed by atoms with Gasteiger partial charge < -0.3 is 4.74 Å². The molecule has 0 fully saturated rings. The third-order valence-electron chi connectivity index (χ3n) is 8.75. The SMILES string of the molecule is c1ccc(-c2nc(-c3ccccc3)nc(-c3ccc(-c4ccc(-c5ccc6c(c5)-c5cccc7cccc(c57)O6)cc4)cc3)n2)cc1. The minimum atomic E-state index is 0.648. The summed E-state index contributed by atoms with van der Waals surface area (Å²) in [5, 5.41) is 2.36. The van der Waals surface area contributed by atoms with Gasteiger partial charge in [0.25, 0.3) is 0 Å². The summed E-state index contributed by atoms with van der Waals surface area (Å²) >= 11 is 0. The van der Waals surface area contributed by atoms with Gasteiger partial charge in [0.05, 0.1) is 0 Å². The fourth-order valence-electron chi connectivity index (χ4n) is 6.35. The summed E-state index contributed by atoms with van der Waals surface area (Å²) in [6, 6.07) is 56.4. The van der Waals surface area contributed by atoms with Crippen molar-refractivity contribution in [3.8, 4) is 79.0 Å². The molecule has 0 spiro atoms. The van der Waals surface area contributed by atoms with Gasteiger partial charge in [0.1, 0.15) is 11.5 Å². The predicted octanol–water partition coefficient (Wildman–Crippen LogP) is 11.1. The molecule has 220 valence electrons. The van der Waals surface area contributed by atoms with E-state index in [0.29, 0.717) is 17.5 Å². The molecule has 1 aliphatic heterocycles. The van der Waals surface area contributed by atoms with Crippen molar-refractivity contribution < 1.29 is 4.74 Å². The molecule has 0 atom stereocenters. The van der Waals surface area contributed by atoms with Gasteiger partial charge in [0, 0.05) is 27.6 Å². The van der Waals surface area contributed by atoms with Gasteiger partial charge in [-0.25, -0.2) is 15.0 Å². The van der Waals surface area contributed by atoms with Crippen LogP contribution >= 0.6 is 0 Å². The Morgan fingerprint density at radius 3 is 1.36 bits per heavy atom. The molecule has 8 aromatic rings. The molecule has 0 N–H and O–H groups in total. The summed E-state index contributed by atoms with van der Waals surface area (Å²) in [6.45, 7) is 0. The summed E-state index contributed by atoms with van der Waals surface area (Å²) in [4.78, 5) is 14.6. The molecular formula is C43H27N3O. The topological polar surface area (TPSA) is 47.9 Å². The molecule has 47 heavy (non-hydrogen) atoms. The van der Waals surface area contributed by atoms with Crippen LogP contribution in [0.15, 0.2) is 164 Å². The van der Waals surface area contributed by atoms with E-state index in [2.05, 4.69) is 91.0 Å². The van der Waals surface area contributed by atoms with Crippen LogP contribution in [-0.4, -0.2) is 15.0 Å². The van der Waals surface area contributed by atoms with Crippen LogP contribution in [0, 0.1) is 0 Å². The van der Waals surface area contributed by atoms with Crippen LogP contribution < -0.4 is 4.74 Å². The quantitative estimate of drug-likeness (QED) is 0.197. The van der Waals surface area contributed by atoms with Gasteiger partial charge in [-0.15, -0.1) is 0 Å². The molecule has 0 amide bonds. The summed E-state index contributed by atoms with van der Waals surface area (Å²) in [5.74, 6) is 3.76. The smallest absolute Gasteiger partial charge is 0.164 e. The fourth-order valence-corrected chi connectivity index (χ4v) is 6.35. The van der Waals surface area contributed by atoms with Crippen LogP contribution in [0.3, 0.4) is 0 Å². The lowest BCUT2D eigenvalue weighted by atomic mass is 9.92. The molecule has 9 rings (SSSR count). The second-order valence-electron chi connectivity index (χ2n) is 11.7. The van der Waals surface area contributed by atoms with Crippen molar-refractivity contribution in [3.05, 3.63) is 164 Å². The van der Waals surface area contributed by atoms with E-state index in [1.165, 1.54) is 16.3 Å². The van der Waals surface area contributed by atoms with Gasteiger partial charge in [0.15, 0.2) is 17.5 Å². The highest BCUT2D eigenvalue weighted by molar-refractivity contribution is 6.04. The van der Waals surface area contributed by atoms with E-state index in [0.717, 1.165) is 56.0 Å². The molecule has 0 bridgehead atoms. The van der Waals surface area contributed by atoms with Crippen molar-refractivity contribution in [1.82, 2.24) is 15.0 Å². The first-order valence-corrected chi connectivity index (χ1v) is 15.7. The standard InChI is InChI=1S/C43H27N3O/c1-3-9-32(10-4-1)41-44-42(33-11-5-2-6-12-33)46-43(45-41)34-23-21-29(22-24-34)28-17-19-30(20-18-28)35-25-26-38-37(27-35)36-15-7-13-31-14-8-16-39(47-38)40(31)36/h1-27H. The van der Waals surface area contributed by atoms with Crippen molar-refractivity contribution in [2.75, 3.05) is 0 Å². The molecule has 0 aliphatic carbocycles. The zero-order chi connectivity index (χ0) is 31.2. The van der Waals surface area contributed by atoms with Crippen molar-refractivity contribution in [2.45, 2.75) is 0 Å². The molecular weight excluding hydrogens is 574 g/mol. The molecule has 2 heterocycles. The Kier molecular flexibility index (Phi) is 6.43. The molecule has 0 radical (unpaired) electrons. The summed E-state index contributed by atoms with van der Waals surface area (Å²) in [7, 11) is 0. The minimum Gasteiger partial charge on any atom is -0.456 e. The molecule has 1 aromatic heterocycles. The minimum absolute atomic E-state index is 0.648. The van der Waals surface area contributed by atoms with Crippen molar-refractivity contribution >= 4 is 10.8 Å². The highest BCUT2D eigenvalue weighted by Gasteiger charge is 2.20. The predicted molar refractivity (Wildman–Crippen MR) is 190 cm³/mol. The lowest BCUT2D eigenvalue weighted by Crippen LogP contribution is -2.00. The maximum Gasteiger partial charge on any atom is 0.164 e. The number of benzene rings is 7. The Balaban J connectivity index is 1.02. The first-order chi connectivity index (χ1) is 23.3. The van der Waals surface area contributed by atoms with Crippen LogP contribution in [0.5, 0.6) is 11.5 Å². The monoisotopic (exact) mass is 601 g/mol. The van der Waals surface area contributed by atoms with Gasteiger partial charge in [-0.2, -0.15) is 0 Å². The average Bonchev–Trinajstić information content (AvgIpc) is 3.16. The van der Waals surface area contributed by atoms with E-state index >= 15 is 0 Å². The Hall–Kier alpha value is -6.39. The fraction of sp³-hybridized carbons (Fsp3) is 0. The Morgan fingerprint density at radius 1 is 0.319 bits per heavy atom. The molecule has 0 unspecified atom stereocenters. The Labute approximate surface area is 272 Å². The van der Waals surface area contributed by atoms with E-state index in [1.807, 2.05) is 72.8 Å². The highest BCUT2D eigenvalue weighted by Crippen LogP contribution is 2.47.